The van der Waals surface area contributed by atoms with Gasteiger partial charge < -0.3 is 15.4 Å². The lowest BCUT2D eigenvalue weighted by Crippen LogP contribution is -2.26. The zero-order valence-corrected chi connectivity index (χ0v) is 11.8. The minimum absolute atomic E-state index is 0.434. The molecule has 2 aromatic carbocycles. The van der Waals surface area contributed by atoms with E-state index in [0.29, 0.717) is 12.3 Å². The molecule has 3 rings (SSSR count). The summed E-state index contributed by atoms with van der Waals surface area (Å²) in [6, 6.07) is 13.7. The van der Waals surface area contributed by atoms with E-state index >= 15 is 0 Å². The van der Waals surface area contributed by atoms with E-state index in [-0.39, 0.29) is 0 Å². The van der Waals surface area contributed by atoms with Crippen LogP contribution in [0.15, 0.2) is 52.3 Å². The molecular weight excluding hydrogens is 272 g/mol. The fraction of sp³-hybridized carbons (Fsp3) is 0.133. The van der Waals surface area contributed by atoms with Gasteiger partial charge in [-0.2, -0.15) is 0 Å². The van der Waals surface area contributed by atoms with Gasteiger partial charge >= 0.3 is 6.09 Å². The van der Waals surface area contributed by atoms with Crippen LogP contribution in [-0.4, -0.2) is 12.6 Å². The third kappa shape index (κ3) is 2.58. The topological polar surface area (TPSA) is 50.4 Å². The first-order valence-corrected chi connectivity index (χ1v) is 7.21. The highest BCUT2D eigenvalue weighted by Gasteiger charge is 2.16. The van der Waals surface area contributed by atoms with Crippen LogP contribution < -0.4 is 15.4 Å². The Hall–Kier alpha value is -2.14. The SMILES string of the molecule is CCNC(=O)Oc1ccc2c(c1)Nc1ccccc1S2. The molecule has 4 nitrogen and oxygen atoms in total. The summed E-state index contributed by atoms with van der Waals surface area (Å²) in [5, 5.41) is 5.96. The minimum Gasteiger partial charge on any atom is -0.410 e. The lowest BCUT2D eigenvalue weighted by Gasteiger charge is -2.21. The number of hydrogen-bond acceptors (Lipinski definition) is 4. The van der Waals surface area contributed by atoms with Crippen LogP contribution in [0.4, 0.5) is 16.2 Å². The second-order valence-corrected chi connectivity index (χ2v) is 5.38. The Morgan fingerprint density at radius 2 is 2.00 bits per heavy atom. The zero-order valence-electron chi connectivity index (χ0n) is 11.0. The fourth-order valence-corrected chi connectivity index (χ4v) is 2.94. The number of ether oxygens (including phenoxy) is 1. The summed E-state index contributed by atoms with van der Waals surface area (Å²) in [5.74, 6) is 0.530. The first-order valence-electron chi connectivity index (χ1n) is 6.40. The number of rotatable bonds is 2. The number of fused-ring (bicyclic) bond motifs is 2. The quantitative estimate of drug-likeness (QED) is 0.747. The van der Waals surface area contributed by atoms with Gasteiger partial charge in [0.2, 0.25) is 0 Å². The van der Waals surface area contributed by atoms with E-state index in [4.69, 9.17) is 4.74 Å². The predicted octanol–water partition coefficient (Wildman–Crippen LogP) is 4.00. The van der Waals surface area contributed by atoms with Gasteiger partial charge in [-0.25, -0.2) is 4.79 Å². The molecule has 0 bridgehead atoms. The molecule has 0 saturated carbocycles. The van der Waals surface area contributed by atoms with Gasteiger partial charge in [-0.15, -0.1) is 0 Å². The maximum absolute atomic E-state index is 11.4. The Bertz CT molecular complexity index is 658. The number of para-hydroxylation sites is 1. The van der Waals surface area contributed by atoms with Gasteiger partial charge in [0.1, 0.15) is 5.75 Å². The van der Waals surface area contributed by atoms with E-state index in [1.807, 2.05) is 37.3 Å². The van der Waals surface area contributed by atoms with Gasteiger partial charge in [-0.1, -0.05) is 23.9 Å². The maximum atomic E-state index is 11.4. The number of anilines is 2. The molecule has 0 unspecified atom stereocenters. The van der Waals surface area contributed by atoms with Crippen molar-refractivity contribution < 1.29 is 9.53 Å². The molecule has 20 heavy (non-hydrogen) atoms. The van der Waals surface area contributed by atoms with E-state index in [1.165, 1.54) is 4.90 Å². The van der Waals surface area contributed by atoms with Crippen molar-refractivity contribution in [2.45, 2.75) is 16.7 Å². The summed E-state index contributed by atoms with van der Waals surface area (Å²) in [4.78, 5) is 13.7. The Kier molecular flexibility index (Phi) is 3.52. The van der Waals surface area contributed by atoms with Crippen LogP contribution in [0.2, 0.25) is 0 Å². The molecule has 0 atom stereocenters. The summed E-state index contributed by atoms with van der Waals surface area (Å²) in [6.07, 6.45) is -0.434. The minimum atomic E-state index is -0.434. The van der Waals surface area contributed by atoms with Gasteiger partial charge in [-0.3, -0.25) is 0 Å². The lowest BCUT2D eigenvalue weighted by molar-refractivity contribution is 0.201. The Morgan fingerprint density at radius 1 is 1.20 bits per heavy atom. The number of nitrogens with one attached hydrogen (secondary N) is 2. The predicted molar refractivity (Wildman–Crippen MR) is 80.0 cm³/mol. The number of carbonyl (C=O) groups is 1. The molecule has 0 aliphatic carbocycles. The molecule has 2 N–H and O–H groups in total. The van der Waals surface area contributed by atoms with Crippen molar-refractivity contribution in [1.29, 1.82) is 0 Å². The van der Waals surface area contributed by atoms with Crippen molar-refractivity contribution in [3.8, 4) is 5.75 Å². The molecule has 0 aromatic heterocycles. The third-order valence-electron chi connectivity index (χ3n) is 2.86. The number of carbonyl (C=O) groups excluding carboxylic acids is 1. The summed E-state index contributed by atoms with van der Waals surface area (Å²) in [5.41, 5.74) is 2.02. The van der Waals surface area contributed by atoms with Crippen molar-refractivity contribution in [2.75, 3.05) is 11.9 Å². The molecule has 0 radical (unpaired) electrons. The Labute approximate surface area is 121 Å². The fourth-order valence-electron chi connectivity index (χ4n) is 1.97. The molecule has 0 spiro atoms. The van der Waals surface area contributed by atoms with E-state index in [9.17, 15) is 4.79 Å². The second-order valence-electron chi connectivity index (χ2n) is 4.30. The van der Waals surface area contributed by atoms with Crippen LogP contribution >= 0.6 is 11.8 Å². The van der Waals surface area contributed by atoms with E-state index in [1.54, 1.807) is 17.8 Å². The molecule has 102 valence electrons. The first-order chi connectivity index (χ1) is 9.76. The summed E-state index contributed by atoms with van der Waals surface area (Å²) in [7, 11) is 0. The van der Waals surface area contributed by atoms with Crippen molar-refractivity contribution in [1.82, 2.24) is 5.32 Å². The van der Waals surface area contributed by atoms with Crippen molar-refractivity contribution in [3.05, 3.63) is 42.5 Å². The van der Waals surface area contributed by atoms with Crippen molar-refractivity contribution in [3.63, 3.8) is 0 Å². The first kappa shape index (κ1) is 12.9. The maximum Gasteiger partial charge on any atom is 0.412 e. The van der Waals surface area contributed by atoms with Crippen LogP contribution in [0.3, 0.4) is 0 Å². The smallest absolute Gasteiger partial charge is 0.410 e. The molecule has 1 heterocycles. The monoisotopic (exact) mass is 286 g/mol. The highest BCUT2D eigenvalue weighted by Crippen LogP contribution is 2.44. The van der Waals surface area contributed by atoms with E-state index < -0.39 is 6.09 Å². The molecule has 1 amide bonds. The lowest BCUT2D eigenvalue weighted by atomic mass is 10.2. The largest absolute Gasteiger partial charge is 0.412 e. The van der Waals surface area contributed by atoms with Crippen molar-refractivity contribution in [2.24, 2.45) is 0 Å². The summed E-state index contributed by atoms with van der Waals surface area (Å²) >= 11 is 1.70. The average molecular weight is 286 g/mol. The average Bonchev–Trinajstić information content (AvgIpc) is 2.45. The Balaban J connectivity index is 1.83. The molecule has 0 saturated heterocycles. The zero-order chi connectivity index (χ0) is 13.9. The molecule has 0 fully saturated rings. The molecular formula is C15H14N2O2S. The summed E-state index contributed by atoms with van der Waals surface area (Å²) in [6.45, 7) is 2.40. The molecule has 5 heteroatoms. The Morgan fingerprint density at radius 3 is 2.85 bits per heavy atom. The van der Waals surface area contributed by atoms with Gasteiger partial charge in [0, 0.05) is 22.4 Å². The van der Waals surface area contributed by atoms with Crippen LogP contribution in [0.5, 0.6) is 5.75 Å². The normalized spacial score (nSPS) is 11.8. The molecule has 1 aliphatic heterocycles. The van der Waals surface area contributed by atoms with Crippen LogP contribution in [0, 0.1) is 0 Å². The standard InChI is InChI=1S/C15H14N2O2S/c1-2-16-15(18)19-10-7-8-14-12(9-10)17-11-5-3-4-6-13(11)20-14/h3-9,17H,2H2,1H3,(H,16,18). The van der Waals surface area contributed by atoms with Crippen LogP contribution in [0.1, 0.15) is 6.92 Å². The second kappa shape index (κ2) is 5.46. The van der Waals surface area contributed by atoms with Crippen LogP contribution in [-0.2, 0) is 0 Å². The van der Waals surface area contributed by atoms with Crippen LogP contribution in [0.25, 0.3) is 0 Å². The van der Waals surface area contributed by atoms with E-state index in [2.05, 4.69) is 16.7 Å². The summed E-state index contributed by atoms with van der Waals surface area (Å²) < 4.78 is 5.21. The highest BCUT2D eigenvalue weighted by atomic mass is 32.2. The van der Waals surface area contributed by atoms with Gasteiger partial charge in [-0.05, 0) is 31.2 Å². The highest BCUT2D eigenvalue weighted by molar-refractivity contribution is 7.99. The van der Waals surface area contributed by atoms with Gasteiger partial charge in [0.05, 0.1) is 11.4 Å². The molecule has 1 aliphatic rings. The number of hydrogen-bond donors (Lipinski definition) is 2. The number of amides is 1. The van der Waals surface area contributed by atoms with Crippen molar-refractivity contribution >= 4 is 29.2 Å². The molecule has 2 aromatic rings. The number of benzene rings is 2. The van der Waals surface area contributed by atoms with Gasteiger partial charge in [0.15, 0.2) is 0 Å². The van der Waals surface area contributed by atoms with Gasteiger partial charge in [0.25, 0.3) is 0 Å². The third-order valence-corrected chi connectivity index (χ3v) is 4.01. The van der Waals surface area contributed by atoms with E-state index in [0.717, 1.165) is 16.3 Å².